The van der Waals surface area contributed by atoms with Gasteiger partial charge in [-0.1, -0.05) is 17.7 Å². The number of hydrogen-bond donors (Lipinski definition) is 2. The summed E-state index contributed by atoms with van der Waals surface area (Å²) in [7, 11) is 0. The van der Waals surface area contributed by atoms with Crippen molar-refractivity contribution in [3.63, 3.8) is 0 Å². The molecule has 1 aromatic carbocycles. The highest BCUT2D eigenvalue weighted by molar-refractivity contribution is 7.13. The number of aromatic nitrogens is 1. The Morgan fingerprint density at radius 3 is 2.93 bits per heavy atom. The van der Waals surface area contributed by atoms with Crippen molar-refractivity contribution in [1.82, 2.24) is 9.88 Å². The molecule has 1 aromatic heterocycles. The number of rotatable bonds is 5. The second-order valence-corrected chi connectivity index (χ2v) is 8.04. The molecule has 0 radical (unpaired) electrons. The fraction of sp³-hybridized carbons (Fsp3) is 0.421. The fourth-order valence-corrected chi connectivity index (χ4v) is 3.92. The molecular formula is C19H23ClN4O2S. The van der Waals surface area contributed by atoms with Gasteiger partial charge in [-0.2, -0.15) is 0 Å². The molecular weight excluding hydrogens is 384 g/mol. The monoisotopic (exact) mass is 406 g/mol. The van der Waals surface area contributed by atoms with Crippen molar-refractivity contribution in [2.75, 3.05) is 23.7 Å². The van der Waals surface area contributed by atoms with Gasteiger partial charge in [-0.15, -0.1) is 11.3 Å². The number of carbonyl (C=O) groups is 2. The minimum Gasteiger partial charge on any atom is -0.324 e. The van der Waals surface area contributed by atoms with Crippen LogP contribution in [0.5, 0.6) is 0 Å². The van der Waals surface area contributed by atoms with Crippen molar-refractivity contribution in [3.05, 3.63) is 40.4 Å². The van der Waals surface area contributed by atoms with Gasteiger partial charge in [0.1, 0.15) is 0 Å². The molecule has 1 aliphatic rings. The van der Waals surface area contributed by atoms with Crippen molar-refractivity contribution < 1.29 is 9.59 Å². The predicted molar refractivity (Wildman–Crippen MR) is 109 cm³/mol. The Morgan fingerprint density at radius 2 is 2.19 bits per heavy atom. The number of thiazole rings is 1. The van der Waals surface area contributed by atoms with Gasteiger partial charge in [0, 0.05) is 28.8 Å². The third kappa shape index (κ3) is 4.86. The van der Waals surface area contributed by atoms with E-state index in [9.17, 15) is 9.59 Å². The smallest absolute Gasteiger partial charge is 0.241 e. The first-order chi connectivity index (χ1) is 13.0. The molecule has 0 unspecified atom stereocenters. The molecule has 8 heteroatoms. The second kappa shape index (κ2) is 8.82. The van der Waals surface area contributed by atoms with Gasteiger partial charge in [-0.05, 0) is 50.9 Å². The summed E-state index contributed by atoms with van der Waals surface area (Å²) < 4.78 is 0. The minimum absolute atomic E-state index is 0.0343. The highest BCUT2D eigenvalue weighted by Crippen LogP contribution is 2.25. The van der Waals surface area contributed by atoms with E-state index in [1.807, 2.05) is 31.4 Å². The molecule has 2 aromatic rings. The Balaban J connectivity index is 1.60. The summed E-state index contributed by atoms with van der Waals surface area (Å²) in [4.78, 5) is 31.3. The molecule has 0 spiro atoms. The average Bonchev–Trinajstić information content (AvgIpc) is 3.18. The zero-order valence-electron chi connectivity index (χ0n) is 15.4. The maximum atomic E-state index is 12.7. The highest BCUT2D eigenvalue weighted by atomic mass is 35.5. The van der Waals surface area contributed by atoms with Gasteiger partial charge in [0.05, 0.1) is 12.0 Å². The standard InChI is InChI=1S/C19H23ClN4O2S/c1-12-15(20)6-3-7-16(12)22-17(25)13(2)24-9-4-5-14(11-24)18(26)23-19-21-8-10-27-19/h3,6-8,10,13-14H,4-5,9,11H2,1-2H3,(H,22,25)(H,21,23,26)/t13-,14-/m1/s1. The molecule has 1 fully saturated rings. The molecule has 2 atom stereocenters. The van der Waals surface area contributed by atoms with E-state index >= 15 is 0 Å². The van der Waals surface area contributed by atoms with Crippen molar-refractivity contribution >= 4 is 45.6 Å². The molecule has 27 heavy (non-hydrogen) atoms. The van der Waals surface area contributed by atoms with Crippen LogP contribution in [0.4, 0.5) is 10.8 Å². The van der Waals surface area contributed by atoms with Gasteiger partial charge in [0.15, 0.2) is 5.13 Å². The molecule has 6 nitrogen and oxygen atoms in total. The van der Waals surface area contributed by atoms with Gasteiger partial charge in [0.2, 0.25) is 11.8 Å². The molecule has 2 heterocycles. The molecule has 0 saturated carbocycles. The number of amides is 2. The van der Waals surface area contributed by atoms with Crippen LogP contribution in [-0.4, -0.2) is 40.8 Å². The quantitative estimate of drug-likeness (QED) is 0.792. The first-order valence-corrected chi connectivity index (χ1v) is 10.2. The van der Waals surface area contributed by atoms with Gasteiger partial charge in [-0.25, -0.2) is 4.98 Å². The molecule has 0 aliphatic carbocycles. The van der Waals surface area contributed by atoms with Gasteiger partial charge >= 0.3 is 0 Å². The van der Waals surface area contributed by atoms with Crippen LogP contribution in [0.2, 0.25) is 5.02 Å². The number of nitrogens with one attached hydrogen (secondary N) is 2. The topological polar surface area (TPSA) is 74.3 Å². The average molecular weight is 407 g/mol. The summed E-state index contributed by atoms with van der Waals surface area (Å²) in [6.45, 7) is 5.10. The highest BCUT2D eigenvalue weighted by Gasteiger charge is 2.31. The first kappa shape index (κ1) is 19.8. The Kier molecular flexibility index (Phi) is 6.46. The van der Waals surface area contributed by atoms with E-state index in [1.54, 1.807) is 12.3 Å². The van der Waals surface area contributed by atoms with E-state index in [0.717, 1.165) is 30.6 Å². The maximum Gasteiger partial charge on any atom is 0.241 e. The second-order valence-electron chi connectivity index (χ2n) is 6.74. The predicted octanol–water partition coefficient (Wildman–Crippen LogP) is 3.78. The maximum absolute atomic E-state index is 12.7. The lowest BCUT2D eigenvalue weighted by molar-refractivity contribution is -0.125. The number of likely N-dealkylation sites (tertiary alicyclic amines) is 1. The number of anilines is 2. The van der Waals surface area contributed by atoms with Crippen LogP contribution in [0.25, 0.3) is 0 Å². The van der Waals surface area contributed by atoms with Crippen LogP contribution in [0, 0.1) is 12.8 Å². The SMILES string of the molecule is Cc1c(Cl)cccc1NC(=O)[C@@H](C)N1CCC[C@@H](C(=O)Nc2nccs2)C1. The Labute approximate surface area is 167 Å². The molecule has 2 N–H and O–H groups in total. The van der Waals surface area contributed by atoms with Crippen LogP contribution in [0.3, 0.4) is 0 Å². The van der Waals surface area contributed by atoms with E-state index in [0.29, 0.717) is 16.7 Å². The molecule has 1 aliphatic heterocycles. The first-order valence-electron chi connectivity index (χ1n) is 8.96. The van der Waals surface area contributed by atoms with E-state index in [-0.39, 0.29) is 23.8 Å². The number of hydrogen-bond acceptors (Lipinski definition) is 5. The van der Waals surface area contributed by atoms with Crippen molar-refractivity contribution in [1.29, 1.82) is 0 Å². The molecule has 3 rings (SSSR count). The van der Waals surface area contributed by atoms with E-state index in [2.05, 4.69) is 20.5 Å². The lowest BCUT2D eigenvalue weighted by atomic mass is 9.96. The third-order valence-corrected chi connectivity index (χ3v) is 6.04. The summed E-state index contributed by atoms with van der Waals surface area (Å²) >= 11 is 7.53. The summed E-state index contributed by atoms with van der Waals surface area (Å²) in [6, 6.07) is 5.12. The summed E-state index contributed by atoms with van der Waals surface area (Å²) in [6.07, 6.45) is 3.36. The Morgan fingerprint density at radius 1 is 1.37 bits per heavy atom. The number of carbonyl (C=O) groups excluding carboxylic acids is 2. The lowest BCUT2D eigenvalue weighted by Gasteiger charge is -2.35. The summed E-state index contributed by atoms with van der Waals surface area (Å²) in [5.41, 5.74) is 1.56. The van der Waals surface area contributed by atoms with E-state index in [4.69, 9.17) is 11.6 Å². The van der Waals surface area contributed by atoms with Crippen molar-refractivity contribution in [3.8, 4) is 0 Å². The third-order valence-electron chi connectivity index (χ3n) is 4.94. The van der Waals surface area contributed by atoms with Crippen molar-refractivity contribution in [2.45, 2.75) is 32.7 Å². The lowest BCUT2D eigenvalue weighted by Crippen LogP contribution is -2.49. The van der Waals surface area contributed by atoms with E-state index in [1.165, 1.54) is 11.3 Å². The normalized spacial score (nSPS) is 18.7. The van der Waals surface area contributed by atoms with Crippen LogP contribution in [0.15, 0.2) is 29.8 Å². The zero-order valence-corrected chi connectivity index (χ0v) is 16.9. The summed E-state index contributed by atoms with van der Waals surface area (Å²) in [5, 5.41) is 8.87. The summed E-state index contributed by atoms with van der Waals surface area (Å²) in [5.74, 6) is -0.278. The van der Waals surface area contributed by atoms with Crippen molar-refractivity contribution in [2.24, 2.45) is 5.92 Å². The molecule has 2 amide bonds. The zero-order chi connectivity index (χ0) is 19.4. The fourth-order valence-electron chi connectivity index (χ4n) is 3.21. The minimum atomic E-state index is -0.334. The number of piperidine rings is 1. The Hall–Kier alpha value is -1.96. The van der Waals surface area contributed by atoms with Crippen LogP contribution in [-0.2, 0) is 9.59 Å². The molecule has 0 bridgehead atoms. The molecule has 1 saturated heterocycles. The number of halogens is 1. The van der Waals surface area contributed by atoms with Gasteiger partial charge < -0.3 is 10.6 Å². The number of benzene rings is 1. The van der Waals surface area contributed by atoms with Gasteiger partial charge in [-0.3, -0.25) is 14.5 Å². The largest absolute Gasteiger partial charge is 0.324 e. The van der Waals surface area contributed by atoms with Gasteiger partial charge in [0.25, 0.3) is 0 Å². The number of nitrogens with zero attached hydrogens (tertiary/aromatic N) is 2. The van der Waals surface area contributed by atoms with Crippen LogP contribution < -0.4 is 10.6 Å². The van der Waals surface area contributed by atoms with Crippen LogP contribution in [0.1, 0.15) is 25.3 Å². The molecule has 144 valence electrons. The Bertz CT molecular complexity index is 812. The van der Waals surface area contributed by atoms with Crippen LogP contribution >= 0.6 is 22.9 Å². The van der Waals surface area contributed by atoms with E-state index < -0.39 is 0 Å².